The average molecular weight is 262 g/mol. The summed E-state index contributed by atoms with van der Waals surface area (Å²) in [5.74, 6) is -2.02. The molecule has 0 fully saturated rings. The molecule has 4 heteroatoms. The molecule has 0 aliphatic rings. The lowest BCUT2D eigenvalue weighted by Crippen LogP contribution is -2.05. The van der Waals surface area contributed by atoms with Gasteiger partial charge in [-0.3, -0.25) is 4.79 Å². The minimum Gasteiger partial charge on any atom is -0.496 e. The first-order chi connectivity index (χ1) is 9.02. The zero-order valence-corrected chi connectivity index (χ0v) is 10.5. The van der Waals surface area contributed by atoms with E-state index in [1.54, 1.807) is 18.2 Å². The maximum Gasteiger partial charge on any atom is 0.196 e. The predicted molar refractivity (Wildman–Crippen MR) is 67.5 cm³/mol. The van der Waals surface area contributed by atoms with Crippen LogP contribution in [0.5, 0.6) is 5.75 Å². The van der Waals surface area contributed by atoms with Crippen LogP contribution in [0.1, 0.15) is 21.5 Å². The summed E-state index contributed by atoms with van der Waals surface area (Å²) in [7, 11) is 1.46. The lowest BCUT2D eigenvalue weighted by Gasteiger charge is -2.08. The first-order valence-electron chi connectivity index (χ1n) is 5.67. The van der Waals surface area contributed by atoms with Gasteiger partial charge in [-0.25, -0.2) is 8.78 Å². The SMILES string of the molecule is COc1cc(C)ccc1C(=O)c1ccc(F)c(F)c1. The third-order valence-electron chi connectivity index (χ3n) is 2.78. The standard InChI is InChI=1S/C15H12F2O2/c1-9-3-5-11(14(7-9)19-2)15(18)10-4-6-12(16)13(17)8-10/h3-8H,1-2H3. The van der Waals surface area contributed by atoms with Crippen LogP contribution in [0, 0.1) is 18.6 Å². The van der Waals surface area contributed by atoms with Crippen molar-refractivity contribution in [1.29, 1.82) is 0 Å². The van der Waals surface area contributed by atoms with E-state index in [1.165, 1.54) is 13.2 Å². The second-order valence-corrected chi connectivity index (χ2v) is 4.16. The number of benzene rings is 2. The van der Waals surface area contributed by atoms with E-state index in [0.29, 0.717) is 11.3 Å². The zero-order valence-electron chi connectivity index (χ0n) is 10.5. The summed E-state index contributed by atoms with van der Waals surface area (Å²) in [6.45, 7) is 1.87. The van der Waals surface area contributed by atoms with E-state index in [0.717, 1.165) is 17.7 Å². The van der Waals surface area contributed by atoms with E-state index in [-0.39, 0.29) is 5.56 Å². The number of ether oxygens (including phenoxy) is 1. The molecule has 0 aromatic heterocycles. The summed E-state index contributed by atoms with van der Waals surface area (Å²) in [5.41, 5.74) is 1.35. The summed E-state index contributed by atoms with van der Waals surface area (Å²) in [6, 6.07) is 8.15. The smallest absolute Gasteiger partial charge is 0.196 e. The van der Waals surface area contributed by atoms with Gasteiger partial charge in [-0.1, -0.05) is 6.07 Å². The van der Waals surface area contributed by atoms with Gasteiger partial charge in [0.05, 0.1) is 12.7 Å². The fourth-order valence-electron chi connectivity index (χ4n) is 1.78. The van der Waals surface area contributed by atoms with Crippen LogP contribution in [0.15, 0.2) is 36.4 Å². The zero-order chi connectivity index (χ0) is 14.0. The molecule has 0 aliphatic carbocycles. The number of methoxy groups -OCH3 is 1. The van der Waals surface area contributed by atoms with Crippen molar-refractivity contribution in [2.24, 2.45) is 0 Å². The number of rotatable bonds is 3. The number of halogens is 2. The quantitative estimate of drug-likeness (QED) is 0.791. The van der Waals surface area contributed by atoms with Crippen molar-refractivity contribution in [3.63, 3.8) is 0 Å². The summed E-state index contributed by atoms with van der Waals surface area (Å²) < 4.78 is 31.1. The Bertz CT molecular complexity index is 636. The van der Waals surface area contributed by atoms with Crippen LogP contribution in [-0.2, 0) is 0 Å². The van der Waals surface area contributed by atoms with E-state index in [1.807, 2.05) is 6.92 Å². The molecule has 0 amide bonds. The molecule has 0 aliphatic heterocycles. The van der Waals surface area contributed by atoms with Crippen molar-refractivity contribution < 1.29 is 18.3 Å². The maximum absolute atomic E-state index is 13.1. The number of aryl methyl sites for hydroxylation is 1. The van der Waals surface area contributed by atoms with E-state index >= 15 is 0 Å². The third kappa shape index (κ3) is 2.62. The fourth-order valence-corrected chi connectivity index (χ4v) is 1.78. The van der Waals surface area contributed by atoms with E-state index < -0.39 is 17.4 Å². The highest BCUT2D eigenvalue weighted by Crippen LogP contribution is 2.23. The minimum absolute atomic E-state index is 0.0843. The summed E-state index contributed by atoms with van der Waals surface area (Å²) in [6.07, 6.45) is 0. The molecular formula is C15H12F2O2. The molecule has 2 aromatic rings. The Morgan fingerprint density at radius 3 is 2.42 bits per heavy atom. The van der Waals surface area contributed by atoms with Crippen LogP contribution in [-0.4, -0.2) is 12.9 Å². The molecule has 98 valence electrons. The Balaban J connectivity index is 2.46. The second-order valence-electron chi connectivity index (χ2n) is 4.16. The van der Waals surface area contributed by atoms with Gasteiger partial charge in [0, 0.05) is 5.56 Å². The molecular weight excluding hydrogens is 250 g/mol. The molecule has 2 nitrogen and oxygen atoms in total. The molecule has 0 radical (unpaired) electrons. The Kier molecular flexibility index (Phi) is 3.60. The van der Waals surface area contributed by atoms with Gasteiger partial charge in [-0.15, -0.1) is 0 Å². The first kappa shape index (κ1) is 13.2. The number of hydrogen-bond acceptors (Lipinski definition) is 2. The van der Waals surface area contributed by atoms with E-state index in [4.69, 9.17) is 4.74 Å². The molecule has 2 aromatic carbocycles. The molecule has 0 N–H and O–H groups in total. The molecule has 2 rings (SSSR count). The number of carbonyl (C=O) groups is 1. The van der Waals surface area contributed by atoms with Crippen molar-refractivity contribution in [2.45, 2.75) is 6.92 Å². The second kappa shape index (κ2) is 5.18. The predicted octanol–water partition coefficient (Wildman–Crippen LogP) is 3.51. The molecule has 0 saturated carbocycles. The number of hydrogen-bond donors (Lipinski definition) is 0. The van der Waals surface area contributed by atoms with Gasteiger partial charge in [0.1, 0.15) is 5.75 Å². The molecule has 19 heavy (non-hydrogen) atoms. The number of ketones is 1. The van der Waals surface area contributed by atoms with Gasteiger partial charge in [0.15, 0.2) is 17.4 Å². The van der Waals surface area contributed by atoms with Crippen LogP contribution in [0.25, 0.3) is 0 Å². The maximum atomic E-state index is 13.1. The normalized spacial score (nSPS) is 10.3. The molecule has 0 unspecified atom stereocenters. The largest absolute Gasteiger partial charge is 0.496 e. The van der Waals surface area contributed by atoms with Crippen molar-refractivity contribution in [2.75, 3.05) is 7.11 Å². The first-order valence-corrected chi connectivity index (χ1v) is 5.67. The molecule has 0 saturated heterocycles. The fraction of sp³-hybridized carbons (Fsp3) is 0.133. The van der Waals surface area contributed by atoms with Crippen molar-refractivity contribution in [1.82, 2.24) is 0 Å². The third-order valence-corrected chi connectivity index (χ3v) is 2.78. The van der Waals surface area contributed by atoms with Crippen LogP contribution >= 0.6 is 0 Å². The van der Waals surface area contributed by atoms with Crippen LogP contribution in [0.3, 0.4) is 0 Å². The molecule has 0 bridgehead atoms. The highest BCUT2D eigenvalue weighted by atomic mass is 19.2. The van der Waals surface area contributed by atoms with E-state index in [2.05, 4.69) is 0 Å². The highest BCUT2D eigenvalue weighted by Gasteiger charge is 2.16. The summed E-state index contributed by atoms with van der Waals surface area (Å²) >= 11 is 0. The van der Waals surface area contributed by atoms with Crippen LogP contribution < -0.4 is 4.74 Å². The lowest BCUT2D eigenvalue weighted by molar-refractivity contribution is 0.103. The Morgan fingerprint density at radius 1 is 1.05 bits per heavy atom. The van der Waals surface area contributed by atoms with Gasteiger partial charge in [0.25, 0.3) is 0 Å². The van der Waals surface area contributed by atoms with Gasteiger partial charge >= 0.3 is 0 Å². The summed E-state index contributed by atoms with van der Waals surface area (Å²) in [4.78, 5) is 12.2. The van der Waals surface area contributed by atoms with Gasteiger partial charge in [-0.2, -0.15) is 0 Å². The molecule has 0 atom stereocenters. The van der Waals surface area contributed by atoms with Gasteiger partial charge in [-0.05, 0) is 42.8 Å². The Labute approximate surface area is 109 Å². The average Bonchev–Trinajstić information content (AvgIpc) is 2.41. The minimum atomic E-state index is -1.04. The highest BCUT2D eigenvalue weighted by molar-refractivity contribution is 6.10. The van der Waals surface area contributed by atoms with Crippen molar-refractivity contribution >= 4 is 5.78 Å². The van der Waals surface area contributed by atoms with Gasteiger partial charge in [0.2, 0.25) is 0 Å². The topological polar surface area (TPSA) is 26.3 Å². The Hall–Kier alpha value is -2.23. The Morgan fingerprint density at radius 2 is 1.79 bits per heavy atom. The van der Waals surface area contributed by atoms with Crippen LogP contribution in [0.4, 0.5) is 8.78 Å². The summed E-state index contributed by atoms with van der Waals surface area (Å²) in [5, 5.41) is 0. The van der Waals surface area contributed by atoms with Crippen molar-refractivity contribution in [3.05, 3.63) is 64.7 Å². The number of carbonyl (C=O) groups excluding carboxylic acids is 1. The van der Waals surface area contributed by atoms with E-state index in [9.17, 15) is 13.6 Å². The lowest BCUT2D eigenvalue weighted by atomic mass is 10.0. The monoisotopic (exact) mass is 262 g/mol. The molecule has 0 heterocycles. The molecule has 0 spiro atoms. The van der Waals surface area contributed by atoms with Gasteiger partial charge < -0.3 is 4.74 Å². The van der Waals surface area contributed by atoms with Crippen molar-refractivity contribution in [3.8, 4) is 5.75 Å². The van der Waals surface area contributed by atoms with Crippen LogP contribution in [0.2, 0.25) is 0 Å².